The Morgan fingerprint density at radius 1 is 1.29 bits per heavy atom. The third kappa shape index (κ3) is 5.50. The lowest BCUT2D eigenvalue weighted by molar-refractivity contribution is 0.174. The minimum absolute atomic E-state index is 0. The number of nitrogens with one attached hydrogen (secondary N) is 1. The van der Waals surface area contributed by atoms with Gasteiger partial charge >= 0.3 is 0 Å². The maximum Gasteiger partial charge on any atom is 0.123 e. The SMILES string of the molecule is CCNCC1CCN(Cc2cc(C)ccc2OC)CC1.Cl. The van der Waals surface area contributed by atoms with Crippen LogP contribution >= 0.6 is 12.4 Å². The maximum absolute atomic E-state index is 5.48. The van der Waals surface area contributed by atoms with Gasteiger partial charge < -0.3 is 10.1 Å². The number of likely N-dealkylation sites (tertiary alicyclic amines) is 1. The van der Waals surface area contributed by atoms with Gasteiger partial charge in [-0.05, 0) is 57.9 Å². The first kappa shape index (κ1) is 18.3. The summed E-state index contributed by atoms with van der Waals surface area (Å²) in [7, 11) is 1.76. The highest BCUT2D eigenvalue weighted by Crippen LogP contribution is 2.24. The van der Waals surface area contributed by atoms with E-state index in [9.17, 15) is 0 Å². The molecule has 1 aromatic rings. The Kier molecular flexibility index (Phi) is 8.09. The summed E-state index contributed by atoms with van der Waals surface area (Å²) in [6.07, 6.45) is 2.61. The predicted octanol–water partition coefficient (Wildman–Crippen LogP) is 3.25. The van der Waals surface area contributed by atoms with Crippen molar-refractivity contribution >= 4 is 12.4 Å². The highest BCUT2D eigenvalue weighted by molar-refractivity contribution is 5.85. The van der Waals surface area contributed by atoms with E-state index in [1.54, 1.807) is 7.11 Å². The van der Waals surface area contributed by atoms with E-state index < -0.39 is 0 Å². The maximum atomic E-state index is 5.48. The highest BCUT2D eigenvalue weighted by Gasteiger charge is 2.19. The Labute approximate surface area is 135 Å². The van der Waals surface area contributed by atoms with Crippen molar-refractivity contribution < 1.29 is 4.74 Å². The van der Waals surface area contributed by atoms with Gasteiger partial charge in [-0.3, -0.25) is 4.90 Å². The largest absolute Gasteiger partial charge is 0.496 e. The highest BCUT2D eigenvalue weighted by atomic mass is 35.5. The molecule has 0 atom stereocenters. The molecule has 1 aliphatic rings. The van der Waals surface area contributed by atoms with Crippen LogP contribution in [0.15, 0.2) is 18.2 Å². The molecule has 1 aliphatic heterocycles. The first-order valence-corrected chi connectivity index (χ1v) is 7.79. The van der Waals surface area contributed by atoms with Crippen molar-refractivity contribution in [3.05, 3.63) is 29.3 Å². The van der Waals surface area contributed by atoms with Crippen LogP contribution in [0.3, 0.4) is 0 Å². The third-order valence-electron chi connectivity index (χ3n) is 4.22. The number of aryl methyl sites for hydroxylation is 1. The van der Waals surface area contributed by atoms with E-state index in [1.165, 1.54) is 43.6 Å². The normalized spacial score (nSPS) is 16.5. The van der Waals surface area contributed by atoms with Crippen LogP contribution in [0.2, 0.25) is 0 Å². The van der Waals surface area contributed by atoms with Crippen LogP contribution in [-0.2, 0) is 6.54 Å². The molecular formula is C17H29ClN2O. The smallest absolute Gasteiger partial charge is 0.123 e. The van der Waals surface area contributed by atoms with Gasteiger partial charge in [-0.1, -0.05) is 24.6 Å². The van der Waals surface area contributed by atoms with Crippen molar-refractivity contribution in [2.24, 2.45) is 5.92 Å². The molecule has 0 spiro atoms. The standard InChI is InChI=1S/C17H28N2O.ClH/c1-4-18-12-15-7-9-19(10-8-15)13-16-11-14(2)5-6-17(16)20-3;/h5-6,11,15,18H,4,7-10,12-13H2,1-3H3;1H. The van der Waals surface area contributed by atoms with Gasteiger partial charge in [0.05, 0.1) is 7.11 Å². The molecule has 0 amide bonds. The van der Waals surface area contributed by atoms with Gasteiger partial charge in [0, 0.05) is 12.1 Å². The molecule has 0 unspecified atom stereocenters. The number of methoxy groups -OCH3 is 1. The van der Waals surface area contributed by atoms with Crippen molar-refractivity contribution in [2.45, 2.75) is 33.2 Å². The minimum Gasteiger partial charge on any atom is -0.496 e. The minimum atomic E-state index is 0. The van der Waals surface area contributed by atoms with Crippen LogP contribution in [0, 0.1) is 12.8 Å². The monoisotopic (exact) mass is 312 g/mol. The van der Waals surface area contributed by atoms with E-state index in [4.69, 9.17) is 4.74 Å². The van der Waals surface area contributed by atoms with E-state index in [0.717, 1.165) is 24.8 Å². The Hall–Kier alpha value is -0.770. The molecule has 0 saturated carbocycles. The second-order valence-corrected chi connectivity index (χ2v) is 5.84. The van der Waals surface area contributed by atoms with Crippen molar-refractivity contribution in [1.29, 1.82) is 0 Å². The number of nitrogens with zero attached hydrogens (tertiary/aromatic N) is 1. The molecule has 4 heteroatoms. The van der Waals surface area contributed by atoms with Crippen molar-refractivity contribution in [3.8, 4) is 5.75 Å². The van der Waals surface area contributed by atoms with Gasteiger partial charge in [0.15, 0.2) is 0 Å². The van der Waals surface area contributed by atoms with Crippen molar-refractivity contribution in [3.63, 3.8) is 0 Å². The van der Waals surface area contributed by atoms with E-state index in [2.05, 4.69) is 42.3 Å². The summed E-state index contributed by atoms with van der Waals surface area (Å²) < 4.78 is 5.48. The van der Waals surface area contributed by atoms with Crippen LogP contribution in [0.25, 0.3) is 0 Å². The average molecular weight is 313 g/mol. The quantitative estimate of drug-likeness (QED) is 0.872. The predicted molar refractivity (Wildman–Crippen MR) is 91.5 cm³/mol. The lowest BCUT2D eigenvalue weighted by Gasteiger charge is -2.32. The van der Waals surface area contributed by atoms with E-state index >= 15 is 0 Å². The molecule has 2 rings (SSSR count). The van der Waals surface area contributed by atoms with Crippen molar-refractivity contribution in [1.82, 2.24) is 10.2 Å². The van der Waals surface area contributed by atoms with Gasteiger partial charge in [0.1, 0.15) is 5.75 Å². The second-order valence-electron chi connectivity index (χ2n) is 5.84. The van der Waals surface area contributed by atoms with Gasteiger partial charge in [-0.25, -0.2) is 0 Å². The van der Waals surface area contributed by atoms with Crippen molar-refractivity contribution in [2.75, 3.05) is 33.3 Å². The number of hydrogen-bond donors (Lipinski definition) is 1. The fourth-order valence-electron chi connectivity index (χ4n) is 2.97. The topological polar surface area (TPSA) is 24.5 Å². The molecule has 0 aromatic heterocycles. The number of hydrogen-bond acceptors (Lipinski definition) is 3. The molecule has 120 valence electrons. The molecule has 1 saturated heterocycles. The number of benzene rings is 1. The third-order valence-corrected chi connectivity index (χ3v) is 4.22. The second kappa shape index (κ2) is 9.29. The van der Waals surface area contributed by atoms with E-state index in [-0.39, 0.29) is 12.4 Å². The lowest BCUT2D eigenvalue weighted by atomic mass is 9.96. The first-order chi connectivity index (χ1) is 9.72. The van der Waals surface area contributed by atoms with Crippen LogP contribution in [0.1, 0.15) is 30.9 Å². The summed E-state index contributed by atoms with van der Waals surface area (Å²) >= 11 is 0. The van der Waals surface area contributed by atoms with Gasteiger partial charge in [-0.15, -0.1) is 12.4 Å². The number of halogens is 1. The molecule has 1 N–H and O–H groups in total. The van der Waals surface area contributed by atoms with Crippen LogP contribution in [0.4, 0.5) is 0 Å². The average Bonchev–Trinajstić information content (AvgIpc) is 2.47. The summed E-state index contributed by atoms with van der Waals surface area (Å²) in [6, 6.07) is 6.46. The molecular weight excluding hydrogens is 284 g/mol. The fraction of sp³-hybridized carbons (Fsp3) is 0.647. The Bertz CT molecular complexity index is 417. The molecule has 0 aliphatic carbocycles. The summed E-state index contributed by atoms with van der Waals surface area (Å²) in [4.78, 5) is 2.56. The summed E-state index contributed by atoms with van der Waals surface area (Å²) in [5, 5.41) is 3.47. The molecule has 3 nitrogen and oxygen atoms in total. The van der Waals surface area contributed by atoms with E-state index in [0.29, 0.717) is 0 Å². The van der Waals surface area contributed by atoms with E-state index in [1.807, 2.05) is 0 Å². The van der Waals surface area contributed by atoms with Crippen LogP contribution < -0.4 is 10.1 Å². The van der Waals surface area contributed by atoms with Gasteiger partial charge in [0.2, 0.25) is 0 Å². The zero-order valence-corrected chi connectivity index (χ0v) is 14.3. The zero-order chi connectivity index (χ0) is 14.4. The van der Waals surface area contributed by atoms with Gasteiger partial charge in [-0.2, -0.15) is 0 Å². The molecule has 21 heavy (non-hydrogen) atoms. The number of ether oxygens (including phenoxy) is 1. The van der Waals surface area contributed by atoms with Crippen LogP contribution in [0.5, 0.6) is 5.75 Å². The first-order valence-electron chi connectivity index (χ1n) is 7.79. The summed E-state index contributed by atoms with van der Waals surface area (Å²) in [5.74, 6) is 1.87. The number of piperidine rings is 1. The zero-order valence-electron chi connectivity index (χ0n) is 13.5. The summed E-state index contributed by atoms with van der Waals surface area (Å²) in [6.45, 7) is 10.0. The number of rotatable bonds is 6. The molecule has 1 heterocycles. The molecule has 1 fully saturated rings. The Morgan fingerprint density at radius 3 is 2.62 bits per heavy atom. The molecule has 1 aromatic carbocycles. The fourth-order valence-corrected chi connectivity index (χ4v) is 2.97. The lowest BCUT2D eigenvalue weighted by Crippen LogP contribution is -2.36. The Balaban J connectivity index is 0.00000220. The van der Waals surface area contributed by atoms with Crippen LogP contribution in [-0.4, -0.2) is 38.2 Å². The van der Waals surface area contributed by atoms with Gasteiger partial charge in [0.25, 0.3) is 0 Å². The molecule has 0 bridgehead atoms. The Morgan fingerprint density at radius 2 is 2.00 bits per heavy atom. The summed E-state index contributed by atoms with van der Waals surface area (Å²) in [5.41, 5.74) is 2.63. The molecule has 0 radical (unpaired) electrons.